The van der Waals surface area contributed by atoms with Crippen LogP contribution in [-0.4, -0.2) is 67.0 Å². The predicted molar refractivity (Wildman–Crippen MR) is 81.7 cm³/mol. The van der Waals surface area contributed by atoms with E-state index in [1.165, 1.54) is 28.4 Å². The average molecular weight is 340 g/mol. The van der Waals surface area contributed by atoms with Crippen LogP contribution in [0.25, 0.3) is 11.0 Å². The highest BCUT2D eigenvalue weighted by Crippen LogP contribution is 2.20. The van der Waals surface area contributed by atoms with Crippen molar-refractivity contribution in [2.24, 2.45) is 0 Å². The molecule has 10 heteroatoms. The number of sulfonamides is 1. The Balaban J connectivity index is 1.83. The summed E-state index contributed by atoms with van der Waals surface area (Å²) in [6.07, 6.45) is -0.464. The maximum absolute atomic E-state index is 12.7. The topological polar surface area (TPSA) is 116 Å². The third kappa shape index (κ3) is 2.82. The van der Waals surface area contributed by atoms with Crippen molar-refractivity contribution < 1.29 is 17.9 Å². The largest absolute Gasteiger partial charge is 0.453 e. The monoisotopic (exact) mass is 340 g/mol. The van der Waals surface area contributed by atoms with Gasteiger partial charge in [0.25, 0.3) is 0 Å². The lowest BCUT2D eigenvalue weighted by Gasteiger charge is -2.33. The molecule has 0 spiro atoms. The summed E-state index contributed by atoms with van der Waals surface area (Å²) in [5.74, 6) is 0. The molecule has 2 aromatic rings. The van der Waals surface area contributed by atoms with Crippen LogP contribution >= 0.6 is 0 Å². The van der Waals surface area contributed by atoms with Crippen LogP contribution in [0.5, 0.6) is 0 Å². The van der Waals surface area contributed by atoms with Gasteiger partial charge in [0.05, 0.1) is 23.0 Å². The first-order chi connectivity index (χ1) is 10.9. The number of nitrogens with one attached hydrogen (secondary N) is 2. The van der Waals surface area contributed by atoms with Crippen LogP contribution in [0.15, 0.2) is 27.9 Å². The second-order valence-electron chi connectivity index (χ2n) is 5.15. The number of nitrogens with zero attached hydrogens (tertiary/aromatic N) is 2. The first-order valence-electron chi connectivity index (χ1n) is 6.97. The van der Waals surface area contributed by atoms with Crippen molar-refractivity contribution in [3.8, 4) is 0 Å². The van der Waals surface area contributed by atoms with E-state index in [-0.39, 0.29) is 36.8 Å². The Hall–Kier alpha value is -2.33. The molecule has 0 radical (unpaired) electrons. The minimum absolute atomic E-state index is 0.103. The van der Waals surface area contributed by atoms with E-state index in [1.54, 1.807) is 6.07 Å². The van der Waals surface area contributed by atoms with E-state index >= 15 is 0 Å². The van der Waals surface area contributed by atoms with E-state index in [9.17, 15) is 18.0 Å². The van der Waals surface area contributed by atoms with Crippen molar-refractivity contribution in [2.75, 3.05) is 33.3 Å². The summed E-state index contributed by atoms with van der Waals surface area (Å²) in [6.45, 7) is 0.933. The zero-order valence-electron chi connectivity index (χ0n) is 12.4. The molecule has 0 atom stereocenters. The highest BCUT2D eigenvalue weighted by atomic mass is 32.2. The number of carbonyl (C=O) groups is 1. The Morgan fingerprint density at radius 2 is 1.78 bits per heavy atom. The van der Waals surface area contributed by atoms with Gasteiger partial charge >= 0.3 is 11.8 Å². The number of fused-ring (bicyclic) bond motifs is 1. The van der Waals surface area contributed by atoms with Gasteiger partial charge in [0.15, 0.2) is 0 Å². The van der Waals surface area contributed by atoms with Crippen LogP contribution in [0.2, 0.25) is 0 Å². The maximum Gasteiger partial charge on any atom is 0.409 e. The number of rotatable bonds is 2. The van der Waals surface area contributed by atoms with Crippen LogP contribution in [-0.2, 0) is 14.8 Å². The van der Waals surface area contributed by atoms with E-state index in [0.29, 0.717) is 11.0 Å². The van der Waals surface area contributed by atoms with Crippen molar-refractivity contribution in [1.82, 2.24) is 19.2 Å². The number of hydrogen-bond donors (Lipinski definition) is 2. The molecular weight excluding hydrogens is 324 g/mol. The lowest BCUT2D eigenvalue weighted by Crippen LogP contribution is -2.50. The lowest BCUT2D eigenvalue weighted by molar-refractivity contribution is 0.108. The SMILES string of the molecule is COC(=O)N1CCN(S(=O)(=O)c2ccc3[nH]c(=O)[nH]c3c2)CC1. The number of hydrogen-bond acceptors (Lipinski definition) is 5. The van der Waals surface area contributed by atoms with Crippen molar-refractivity contribution in [3.05, 3.63) is 28.7 Å². The molecular formula is C13H16N4O5S. The molecule has 23 heavy (non-hydrogen) atoms. The third-order valence-electron chi connectivity index (χ3n) is 3.80. The third-order valence-corrected chi connectivity index (χ3v) is 5.69. The van der Waals surface area contributed by atoms with Crippen LogP contribution in [0.1, 0.15) is 0 Å². The molecule has 3 rings (SSSR count). The molecule has 0 bridgehead atoms. The summed E-state index contributed by atoms with van der Waals surface area (Å²) in [5, 5.41) is 0. The number of ether oxygens (including phenoxy) is 1. The highest BCUT2D eigenvalue weighted by molar-refractivity contribution is 7.89. The number of benzene rings is 1. The summed E-state index contributed by atoms with van der Waals surface area (Å²) >= 11 is 0. The molecule has 9 nitrogen and oxygen atoms in total. The molecule has 1 aromatic carbocycles. The van der Waals surface area contributed by atoms with E-state index in [4.69, 9.17) is 0 Å². The van der Waals surface area contributed by atoms with E-state index in [1.807, 2.05) is 0 Å². The van der Waals surface area contributed by atoms with Gasteiger partial charge in [-0.05, 0) is 18.2 Å². The van der Waals surface area contributed by atoms with E-state index in [2.05, 4.69) is 14.7 Å². The Bertz CT molecular complexity index is 892. The predicted octanol–water partition coefficient (Wildman–Crippen LogP) is -0.0711. The second kappa shape index (κ2) is 5.70. The molecule has 2 N–H and O–H groups in total. The Morgan fingerprint density at radius 1 is 1.13 bits per heavy atom. The average Bonchev–Trinajstić information content (AvgIpc) is 2.93. The number of piperazine rings is 1. The quantitative estimate of drug-likeness (QED) is 0.794. The minimum Gasteiger partial charge on any atom is -0.453 e. The second-order valence-corrected chi connectivity index (χ2v) is 7.09. The Morgan fingerprint density at radius 3 is 2.43 bits per heavy atom. The number of carbonyl (C=O) groups excluding carboxylic acids is 1. The van der Waals surface area contributed by atoms with Crippen LogP contribution in [0, 0.1) is 0 Å². The maximum atomic E-state index is 12.7. The van der Waals surface area contributed by atoms with Crippen molar-refractivity contribution in [2.45, 2.75) is 4.90 Å². The summed E-state index contributed by atoms with van der Waals surface area (Å²) in [7, 11) is -2.39. The fraction of sp³-hybridized carbons (Fsp3) is 0.385. The van der Waals surface area contributed by atoms with Crippen LogP contribution in [0.3, 0.4) is 0 Å². The van der Waals surface area contributed by atoms with Crippen molar-refractivity contribution in [3.63, 3.8) is 0 Å². The van der Waals surface area contributed by atoms with Gasteiger partial charge in [0, 0.05) is 26.2 Å². The minimum atomic E-state index is -3.68. The van der Waals surface area contributed by atoms with Crippen LogP contribution < -0.4 is 5.69 Å². The Kier molecular flexibility index (Phi) is 3.86. The highest BCUT2D eigenvalue weighted by Gasteiger charge is 2.30. The van der Waals surface area contributed by atoms with E-state index in [0.717, 1.165) is 0 Å². The molecule has 1 saturated heterocycles. The first-order valence-corrected chi connectivity index (χ1v) is 8.41. The summed E-state index contributed by atoms with van der Waals surface area (Å²) < 4.78 is 31.3. The van der Waals surface area contributed by atoms with E-state index < -0.39 is 16.1 Å². The molecule has 0 aliphatic carbocycles. The van der Waals surface area contributed by atoms with Gasteiger partial charge in [0.2, 0.25) is 10.0 Å². The van der Waals surface area contributed by atoms with Crippen LogP contribution in [0.4, 0.5) is 4.79 Å². The summed E-state index contributed by atoms with van der Waals surface area (Å²) in [5.41, 5.74) is 0.593. The number of H-pyrrole nitrogens is 2. The first kappa shape index (κ1) is 15.6. The fourth-order valence-corrected chi connectivity index (χ4v) is 4.01. The normalized spacial score (nSPS) is 16.7. The Labute approximate surface area is 131 Å². The molecule has 1 amide bonds. The number of aromatic amines is 2. The molecule has 1 fully saturated rings. The number of aromatic nitrogens is 2. The van der Waals surface area contributed by atoms with Crippen molar-refractivity contribution in [1.29, 1.82) is 0 Å². The van der Waals surface area contributed by atoms with Gasteiger partial charge in [-0.2, -0.15) is 4.31 Å². The number of amides is 1. The summed E-state index contributed by atoms with van der Waals surface area (Å²) in [6, 6.07) is 4.42. The lowest BCUT2D eigenvalue weighted by atomic mass is 10.3. The molecule has 1 aromatic heterocycles. The zero-order valence-corrected chi connectivity index (χ0v) is 13.2. The van der Waals surface area contributed by atoms with Gasteiger partial charge in [-0.25, -0.2) is 18.0 Å². The molecule has 1 aliphatic rings. The molecule has 2 heterocycles. The zero-order chi connectivity index (χ0) is 16.6. The smallest absolute Gasteiger partial charge is 0.409 e. The molecule has 0 saturated carbocycles. The van der Waals surface area contributed by atoms with Gasteiger partial charge in [-0.1, -0.05) is 0 Å². The number of methoxy groups -OCH3 is 1. The molecule has 1 aliphatic heterocycles. The number of imidazole rings is 1. The molecule has 124 valence electrons. The summed E-state index contributed by atoms with van der Waals surface area (Å²) in [4.78, 5) is 29.4. The standard InChI is InChI=1S/C13H16N4O5S/c1-22-13(19)16-4-6-17(7-5-16)23(20,21)9-2-3-10-11(8-9)15-12(18)14-10/h2-3,8H,4-7H2,1H3,(H2,14,15,18). The van der Waals surface area contributed by atoms with Gasteiger partial charge in [-0.15, -0.1) is 0 Å². The van der Waals surface area contributed by atoms with Gasteiger partial charge in [-0.3, -0.25) is 0 Å². The molecule has 0 unspecified atom stereocenters. The van der Waals surface area contributed by atoms with Gasteiger partial charge in [0.1, 0.15) is 0 Å². The fourth-order valence-electron chi connectivity index (χ4n) is 2.56. The van der Waals surface area contributed by atoms with Gasteiger partial charge < -0.3 is 19.6 Å². The van der Waals surface area contributed by atoms with Crippen molar-refractivity contribution >= 4 is 27.1 Å².